The number of benzene rings is 1. The highest BCUT2D eigenvalue weighted by atomic mass is 19.1. The summed E-state index contributed by atoms with van der Waals surface area (Å²) < 4.78 is 27.2. The first-order valence-corrected chi connectivity index (χ1v) is 7.89. The van der Waals surface area contributed by atoms with Gasteiger partial charge >= 0.3 is 0 Å². The van der Waals surface area contributed by atoms with Crippen LogP contribution in [0.4, 0.5) is 8.78 Å². The van der Waals surface area contributed by atoms with E-state index in [1.807, 2.05) is 6.92 Å². The number of likely N-dealkylation sites (N-methyl/N-ethyl adjacent to an activating group) is 1. The second kappa shape index (κ2) is 6.84. The summed E-state index contributed by atoms with van der Waals surface area (Å²) in [6.07, 6.45) is 3.66. The predicted molar refractivity (Wildman–Crippen MR) is 82.3 cm³/mol. The van der Waals surface area contributed by atoms with Crippen LogP contribution >= 0.6 is 0 Å². The summed E-state index contributed by atoms with van der Waals surface area (Å²) >= 11 is 0. The van der Waals surface area contributed by atoms with E-state index in [1.54, 1.807) is 0 Å². The van der Waals surface area contributed by atoms with Crippen molar-refractivity contribution in [3.63, 3.8) is 0 Å². The van der Waals surface area contributed by atoms with E-state index in [0.29, 0.717) is 5.56 Å². The van der Waals surface area contributed by atoms with E-state index in [1.165, 1.54) is 31.4 Å². The van der Waals surface area contributed by atoms with Crippen LogP contribution in [0.5, 0.6) is 0 Å². The van der Waals surface area contributed by atoms with Crippen molar-refractivity contribution < 1.29 is 8.78 Å². The predicted octanol–water partition coefficient (Wildman–Crippen LogP) is 3.88. The lowest BCUT2D eigenvalue weighted by atomic mass is 9.85. The second-order valence-corrected chi connectivity index (χ2v) is 6.39. The number of hydrogen-bond donors (Lipinski definition) is 1. The quantitative estimate of drug-likeness (QED) is 0.887. The van der Waals surface area contributed by atoms with Gasteiger partial charge in [0.25, 0.3) is 0 Å². The SMILES string of the molecule is CCNC(c1cc(F)cc(F)c1)C(C)(C)N1CCCCC1. The third-order valence-electron chi connectivity index (χ3n) is 4.50. The molecular formula is C17H26F2N2. The Morgan fingerprint density at radius 2 is 1.67 bits per heavy atom. The molecule has 2 rings (SSSR count). The number of rotatable bonds is 5. The smallest absolute Gasteiger partial charge is 0.126 e. The summed E-state index contributed by atoms with van der Waals surface area (Å²) in [6.45, 7) is 9.21. The summed E-state index contributed by atoms with van der Waals surface area (Å²) in [5, 5.41) is 3.42. The van der Waals surface area contributed by atoms with Gasteiger partial charge in [-0.05, 0) is 64.0 Å². The van der Waals surface area contributed by atoms with E-state index in [0.717, 1.165) is 25.7 Å². The van der Waals surface area contributed by atoms with Crippen LogP contribution in [-0.2, 0) is 0 Å². The van der Waals surface area contributed by atoms with E-state index >= 15 is 0 Å². The normalized spacial score (nSPS) is 18.7. The monoisotopic (exact) mass is 296 g/mol. The van der Waals surface area contributed by atoms with Gasteiger partial charge in [-0.1, -0.05) is 13.3 Å². The first-order valence-electron chi connectivity index (χ1n) is 7.89. The van der Waals surface area contributed by atoms with Gasteiger partial charge in [0, 0.05) is 11.6 Å². The fourth-order valence-corrected chi connectivity index (χ4v) is 3.37. The lowest BCUT2D eigenvalue weighted by molar-refractivity contribution is 0.0611. The third-order valence-corrected chi connectivity index (χ3v) is 4.50. The summed E-state index contributed by atoms with van der Waals surface area (Å²) in [5.41, 5.74) is 0.501. The largest absolute Gasteiger partial charge is 0.309 e. The molecule has 1 heterocycles. The maximum absolute atomic E-state index is 13.6. The Morgan fingerprint density at radius 1 is 1.10 bits per heavy atom. The standard InChI is InChI=1S/C17H26F2N2/c1-4-20-16(13-10-14(18)12-15(19)11-13)17(2,3)21-8-6-5-7-9-21/h10-12,16,20H,4-9H2,1-3H3. The Morgan fingerprint density at radius 3 is 2.19 bits per heavy atom. The molecule has 0 radical (unpaired) electrons. The van der Waals surface area contributed by atoms with Gasteiger partial charge < -0.3 is 5.32 Å². The van der Waals surface area contributed by atoms with Gasteiger partial charge in [-0.15, -0.1) is 0 Å². The molecule has 2 nitrogen and oxygen atoms in total. The zero-order chi connectivity index (χ0) is 15.5. The Balaban J connectivity index is 2.31. The van der Waals surface area contributed by atoms with Crippen LogP contribution in [0, 0.1) is 11.6 Å². The Kier molecular flexibility index (Phi) is 5.33. The Hall–Kier alpha value is -1.00. The fraction of sp³-hybridized carbons (Fsp3) is 0.647. The number of nitrogens with zero attached hydrogens (tertiary/aromatic N) is 1. The van der Waals surface area contributed by atoms with Crippen LogP contribution in [0.3, 0.4) is 0 Å². The first-order chi connectivity index (χ1) is 9.95. The van der Waals surface area contributed by atoms with Gasteiger partial charge in [0.15, 0.2) is 0 Å². The van der Waals surface area contributed by atoms with Gasteiger partial charge in [-0.3, -0.25) is 4.90 Å². The highest BCUT2D eigenvalue weighted by Gasteiger charge is 2.36. The molecule has 1 fully saturated rings. The second-order valence-electron chi connectivity index (χ2n) is 6.39. The van der Waals surface area contributed by atoms with Crippen LogP contribution in [0.25, 0.3) is 0 Å². The fourth-order valence-electron chi connectivity index (χ4n) is 3.37. The van der Waals surface area contributed by atoms with Crippen LogP contribution < -0.4 is 5.32 Å². The van der Waals surface area contributed by atoms with Crippen molar-refractivity contribution in [3.05, 3.63) is 35.4 Å². The molecule has 0 spiro atoms. The van der Waals surface area contributed by atoms with Crippen LogP contribution in [0.15, 0.2) is 18.2 Å². The van der Waals surface area contributed by atoms with Crippen molar-refractivity contribution >= 4 is 0 Å². The molecule has 0 amide bonds. The molecule has 0 aromatic heterocycles. The molecule has 1 aromatic rings. The molecule has 1 saturated heterocycles. The molecule has 1 aliphatic rings. The van der Waals surface area contributed by atoms with Crippen molar-refractivity contribution in [1.29, 1.82) is 0 Å². The van der Waals surface area contributed by atoms with Gasteiger partial charge in [-0.2, -0.15) is 0 Å². The molecule has 4 heteroatoms. The molecule has 1 aliphatic heterocycles. The molecule has 0 aliphatic carbocycles. The van der Waals surface area contributed by atoms with Crippen molar-refractivity contribution in [2.75, 3.05) is 19.6 Å². The number of piperidine rings is 1. The van der Waals surface area contributed by atoms with E-state index in [9.17, 15) is 8.78 Å². The molecule has 1 aromatic carbocycles. The Labute approximate surface area is 126 Å². The van der Waals surface area contributed by atoms with E-state index in [2.05, 4.69) is 24.1 Å². The lowest BCUT2D eigenvalue weighted by Crippen LogP contribution is -2.54. The average Bonchev–Trinajstić information content (AvgIpc) is 2.44. The van der Waals surface area contributed by atoms with E-state index in [4.69, 9.17) is 0 Å². The number of halogens is 2. The maximum atomic E-state index is 13.6. The van der Waals surface area contributed by atoms with Gasteiger partial charge in [0.05, 0.1) is 6.04 Å². The van der Waals surface area contributed by atoms with Crippen molar-refractivity contribution in [1.82, 2.24) is 10.2 Å². The van der Waals surface area contributed by atoms with Crippen LogP contribution in [0.2, 0.25) is 0 Å². The minimum absolute atomic E-state index is 0.0919. The molecule has 118 valence electrons. The topological polar surface area (TPSA) is 15.3 Å². The minimum atomic E-state index is -0.512. The minimum Gasteiger partial charge on any atom is -0.309 e. The van der Waals surface area contributed by atoms with E-state index in [-0.39, 0.29) is 11.6 Å². The maximum Gasteiger partial charge on any atom is 0.126 e. The molecule has 1 N–H and O–H groups in total. The molecule has 0 bridgehead atoms. The van der Waals surface area contributed by atoms with Crippen molar-refractivity contribution in [2.24, 2.45) is 0 Å². The summed E-state index contributed by atoms with van der Waals surface area (Å²) in [6, 6.07) is 3.73. The van der Waals surface area contributed by atoms with Crippen LogP contribution in [0.1, 0.15) is 51.6 Å². The number of likely N-dealkylation sites (tertiary alicyclic amines) is 1. The Bertz CT molecular complexity index is 448. The summed E-state index contributed by atoms with van der Waals surface area (Å²) in [5.74, 6) is -1.02. The third kappa shape index (κ3) is 3.80. The van der Waals surface area contributed by atoms with Gasteiger partial charge in [-0.25, -0.2) is 8.78 Å². The zero-order valence-corrected chi connectivity index (χ0v) is 13.3. The molecule has 0 saturated carbocycles. The summed E-state index contributed by atoms with van der Waals surface area (Å²) in [4.78, 5) is 2.44. The summed E-state index contributed by atoms with van der Waals surface area (Å²) in [7, 11) is 0. The highest BCUT2D eigenvalue weighted by molar-refractivity contribution is 5.25. The zero-order valence-electron chi connectivity index (χ0n) is 13.3. The van der Waals surface area contributed by atoms with Crippen LogP contribution in [-0.4, -0.2) is 30.1 Å². The molecule has 1 atom stereocenters. The molecule has 1 unspecified atom stereocenters. The number of hydrogen-bond acceptors (Lipinski definition) is 2. The average molecular weight is 296 g/mol. The van der Waals surface area contributed by atoms with Gasteiger partial charge in [0.2, 0.25) is 0 Å². The highest BCUT2D eigenvalue weighted by Crippen LogP contribution is 2.33. The molecular weight excluding hydrogens is 270 g/mol. The molecule has 21 heavy (non-hydrogen) atoms. The lowest BCUT2D eigenvalue weighted by Gasteiger charge is -2.46. The van der Waals surface area contributed by atoms with Gasteiger partial charge in [0.1, 0.15) is 11.6 Å². The first kappa shape index (κ1) is 16.4. The van der Waals surface area contributed by atoms with E-state index < -0.39 is 11.6 Å². The number of nitrogens with one attached hydrogen (secondary N) is 1. The van der Waals surface area contributed by atoms with Crippen molar-refractivity contribution in [2.45, 2.75) is 51.6 Å². The van der Waals surface area contributed by atoms with Crippen molar-refractivity contribution in [3.8, 4) is 0 Å².